The zero-order valence-electron chi connectivity index (χ0n) is 18.1. The lowest BCUT2D eigenvalue weighted by Crippen LogP contribution is -2.44. The minimum absolute atomic E-state index is 0.0694. The molecule has 1 aromatic carbocycles. The van der Waals surface area contributed by atoms with Gasteiger partial charge in [0, 0.05) is 50.7 Å². The maximum absolute atomic E-state index is 12.2. The van der Waals surface area contributed by atoms with E-state index in [4.69, 9.17) is 10.7 Å². The summed E-state index contributed by atoms with van der Waals surface area (Å²) < 4.78 is 3.14. The van der Waals surface area contributed by atoms with Crippen LogP contribution in [0.5, 0.6) is 0 Å². The third-order valence-corrected chi connectivity index (χ3v) is 6.94. The smallest absolute Gasteiger partial charge is 0.319 e. The fourth-order valence-electron chi connectivity index (χ4n) is 4.08. The van der Waals surface area contributed by atoms with Gasteiger partial charge in [0.2, 0.25) is 0 Å². The number of anilines is 1. The zero-order chi connectivity index (χ0) is 22.2. The Labute approximate surface area is 190 Å². The third kappa shape index (κ3) is 3.80. The molecule has 0 bridgehead atoms. The lowest BCUT2D eigenvalue weighted by atomic mass is 10.1. The number of piperidine rings is 1. The zero-order valence-corrected chi connectivity index (χ0v) is 18.9. The number of urea groups is 1. The second-order valence-electron chi connectivity index (χ2n) is 8.25. The summed E-state index contributed by atoms with van der Waals surface area (Å²) in [5.74, 6) is 0.470. The molecule has 0 aliphatic carbocycles. The molecule has 4 heterocycles. The molecule has 1 saturated heterocycles. The Morgan fingerprint density at radius 2 is 1.94 bits per heavy atom. The normalized spacial score (nSPS) is 14.8. The van der Waals surface area contributed by atoms with Crippen molar-refractivity contribution in [1.82, 2.24) is 29.5 Å². The average Bonchev–Trinajstić information content (AvgIpc) is 3.46. The number of nitrogens with two attached hydrogens (primary N) is 1. The van der Waals surface area contributed by atoms with Gasteiger partial charge in [0.05, 0.1) is 28.0 Å². The maximum atomic E-state index is 12.2. The molecule has 4 aromatic rings. The summed E-state index contributed by atoms with van der Waals surface area (Å²) >= 11 is 1.61. The van der Waals surface area contributed by atoms with Gasteiger partial charge < -0.3 is 15.5 Å². The van der Waals surface area contributed by atoms with Crippen molar-refractivity contribution in [2.24, 2.45) is 0 Å². The second-order valence-corrected chi connectivity index (χ2v) is 9.28. The number of likely N-dealkylation sites (tertiary alicyclic amines) is 1. The number of thiazole rings is 1. The molecule has 5 rings (SSSR count). The SMILES string of the molecule is CN(C)C(=O)N1CCC(n2cc(-c3cnc(N)c(-c4nc5ccccc5s4)c3)cn2)CC1. The highest BCUT2D eigenvalue weighted by Crippen LogP contribution is 2.35. The molecule has 1 fully saturated rings. The van der Waals surface area contributed by atoms with Gasteiger partial charge in [-0.2, -0.15) is 5.10 Å². The lowest BCUT2D eigenvalue weighted by molar-refractivity contribution is 0.146. The van der Waals surface area contributed by atoms with Crippen LogP contribution in [0, 0.1) is 0 Å². The number of nitrogen functional groups attached to an aromatic ring is 1. The van der Waals surface area contributed by atoms with Gasteiger partial charge in [0.1, 0.15) is 10.8 Å². The molecule has 1 aliphatic rings. The van der Waals surface area contributed by atoms with E-state index in [1.807, 2.05) is 40.0 Å². The number of rotatable bonds is 3. The number of carbonyl (C=O) groups is 1. The largest absolute Gasteiger partial charge is 0.383 e. The number of benzene rings is 1. The molecular weight excluding hydrogens is 422 g/mol. The second kappa shape index (κ2) is 8.23. The van der Waals surface area contributed by atoms with Crippen LogP contribution in [0.15, 0.2) is 48.9 Å². The summed E-state index contributed by atoms with van der Waals surface area (Å²) in [6.45, 7) is 1.48. The van der Waals surface area contributed by atoms with Gasteiger partial charge in [-0.25, -0.2) is 14.8 Å². The first kappa shape index (κ1) is 20.4. The number of para-hydroxylation sites is 1. The Morgan fingerprint density at radius 1 is 1.16 bits per heavy atom. The summed E-state index contributed by atoms with van der Waals surface area (Å²) in [6, 6.07) is 10.5. The Bertz CT molecular complexity index is 1240. The highest BCUT2D eigenvalue weighted by Gasteiger charge is 2.25. The number of hydrogen-bond acceptors (Lipinski definition) is 6. The van der Waals surface area contributed by atoms with Crippen LogP contribution in [-0.2, 0) is 0 Å². The molecule has 3 aromatic heterocycles. The topological polar surface area (TPSA) is 93.2 Å². The van der Waals surface area contributed by atoms with Crippen LogP contribution in [0.25, 0.3) is 31.9 Å². The first-order valence-corrected chi connectivity index (χ1v) is 11.4. The number of carbonyl (C=O) groups excluding carboxylic acids is 1. The van der Waals surface area contributed by atoms with E-state index in [-0.39, 0.29) is 12.1 Å². The fourth-order valence-corrected chi connectivity index (χ4v) is 5.07. The standard InChI is InChI=1S/C23H25N7OS/c1-28(2)23(31)29-9-7-17(8-10-29)30-14-16(13-26-30)15-11-18(21(24)25-12-15)22-27-19-5-3-4-6-20(19)32-22/h3-6,11-14,17H,7-10H2,1-2H3,(H2,24,25). The van der Waals surface area contributed by atoms with E-state index in [0.29, 0.717) is 5.82 Å². The Hall–Kier alpha value is -3.46. The highest BCUT2D eigenvalue weighted by molar-refractivity contribution is 7.21. The van der Waals surface area contributed by atoms with Gasteiger partial charge in [-0.15, -0.1) is 11.3 Å². The monoisotopic (exact) mass is 447 g/mol. The Kier molecular flexibility index (Phi) is 5.26. The molecule has 2 amide bonds. The first-order chi connectivity index (χ1) is 15.5. The molecular formula is C23H25N7OS. The molecule has 0 unspecified atom stereocenters. The molecule has 2 N–H and O–H groups in total. The molecule has 0 spiro atoms. The van der Waals surface area contributed by atoms with Crippen LogP contribution in [0.1, 0.15) is 18.9 Å². The van der Waals surface area contributed by atoms with Crippen LogP contribution in [0.3, 0.4) is 0 Å². The van der Waals surface area contributed by atoms with Crippen molar-refractivity contribution in [1.29, 1.82) is 0 Å². The predicted octanol–water partition coefficient (Wildman–Crippen LogP) is 4.12. The van der Waals surface area contributed by atoms with Gasteiger partial charge in [0.25, 0.3) is 0 Å². The van der Waals surface area contributed by atoms with Crippen molar-refractivity contribution in [3.05, 3.63) is 48.9 Å². The van der Waals surface area contributed by atoms with E-state index < -0.39 is 0 Å². The predicted molar refractivity (Wildman–Crippen MR) is 127 cm³/mol. The summed E-state index contributed by atoms with van der Waals surface area (Å²) in [5, 5.41) is 5.48. The Morgan fingerprint density at radius 3 is 2.69 bits per heavy atom. The summed E-state index contributed by atoms with van der Waals surface area (Å²) in [6.07, 6.45) is 7.48. The van der Waals surface area contributed by atoms with Gasteiger partial charge in [-0.3, -0.25) is 4.68 Å². The first-order valence-electron chi connectivity index (χ1n) is 10.6. The van der Waals surface area contributed by atoms with Crippen LogP contribution in [0.2, 0.25) is 0 Å². The minimum atomic E-state index is 0.0694. The molecule has 0 saturated carbocycles. The van der Waals surface area contributed by atoms with Crippen molar-refractivity contribution < 1.29 is 4.79 Å². The molecule has 164 valence electrons. The van der Waals surface area contributed by atoms with Gasteiger partial charge >= 0.3 is 6.03 Å². The van der Waals surface area contributed by atoms with E-state index in [9.17, 15) is 4.79 Å². The molecule has 1 aliphatic heterocycles. The maximum Gasteiger partial charge on any atom is 0.319 e. The van der Waals surface area contributed by atoms with Crippen molar-refractivity contribution in [3.63, 3.8) is 0 Å². The van der Waals surface area contributed by atoms with Gasteiger partial charge in [-0.1, -0.05) is 12.1 Å². The molecule has 0 atom stereocenters. The third-order valence-electron chi connectivity index (χ3n) is 5.87. The number of nitrogens with zero attached hydrogens (tertiary/aromatic N) is 6. The number of amides is 2. The summed E-state index contributed by atoms with van der Waals surface area (Å²) in [7, 11) is 3.58. The molecule has 32 heavy (non-hydrogen) atoms. The summed E-state index contributed by atoms with van der Waals surface area (Å²) in [4.78, 5) is 24.9. The van der Waals surface area contributed by atoms with Crippen LogP contribution < -0.4 is 5.73 Å². The van der Waals surface area contributed by atoms with E-state index in [1.54, 1.807) is 36.5 Å². The quantitative estimate of drug-likeness (QED) is 0.510. The summed E-state index contributed by atoms with van der Waals surface area (Å²) in [5.41, 5.74) is 9.95. The highest BCUT2D eigenvalue weighted by atomic mass is 32.1. The van der Waals surface area contributed by atoms with Gasteiger partial charge in [0.15, 0.2) is 0 Å². The van der Waals surface area contributed by atoms with E-state index >= 15 is 0 Å². The van der Waals surface area contributed by atoms with Crippen LogP contribution in [-0.4, -0.2) is 62.8 Å². The van der Waals surface area contributed by atoms with Crippen LogP contribution >= 0.6 is 11.3 Å². The number of hydrogen-bond donors (Lipinski definition) is 1. The Balaban J connectivity index is 1.37. The van der Waals surface area contributed by atoms with E-state index in [1.165, 1.54) is 0 Å². The number of pyridine rings is 1. The lowest BCUT2D eigenvalue weighted by Gasteiger charge is -2.33. The van der Waals surface area contributed by atoms with Crippen molar-refractivity contribution >= 4 is 33.4 Å². The van der Waals surface area contributed by atoms with Crippen molar-refractivity contribution in [3.8, 4) is 21.7 Å². The van der Waals surface area contributed by atoms with E-state index in [2.05, 4.69) is 22.3 Å². The van der Waals surface area contributed by atoms with E-state index in [0.717, 1.165) is 57.8 Å². The van der Waals surface area contributed by atoms with Crippen molar-refractivity contribution in [2.75, 3.05) is 32.9 Å². The number of fused-ring (bicyclic) bond motifs is 1. The molecule has 8 nitrogen and oxygen atoms in total. The van der Waals surface area contributed by atoms with Crippen LogP contribution in [0.4, 0.5) is 10.6 Å². The van der Waals surface area contributed by atoms with Crippen molar-refractivity contribution in [2.45, 2.75) is 18.9 Å². The number of aromatic nitrogens is 4. The molecule has 0 radical (unpaired) electrons. The minimum Gasteiger partial charge on any atom is -0.383 e. The fraction of sp³-hybridized carbons (Fsp3) is 0.304. The van der Waals surface area contributed by atoms with Gasteiger partial charge in [-0.05, 0) is 31.0 Å². The molecule has 9 heteroatoms. The average molecular weight is 448 g/mol.